The zero-order valence-electron chi connectivity index (χ0n) is 18.9. The van der Waals surface area contributed by atoms with Crippen LogP contribution in [-0.2, 0) is 13.1 Å². The zero-order valence-corrected chi connectivity index (χ0v) is 19.7. The summed E-state index contributed by atoms with van der Waals surface area (Å²) in [6.45, 7) is 2.98. The largest absolute Gasteiger partial charge is 0.495 e. The molecule has 2 aromatic carbocycles. The van der Waals surface area contributed by atoms with Gasteiger partial charge in [0, 0.05) is 6.54 Å². The van der Waals surface area contributed by atoms with Crippen molar-refractivity contribution in [3.05, 3.63) is 65.6 Å². The minimum absolute atomic E-state index is 0.476. The lowest BCUT2D eigenvalue weighted by atomic mass is 10.1. The molecule has 0 atom stereocenters. The zero-order chi connectivity index (χ0) is 23.1. The highest BCUT2D eigenvalue weighted by Crippen LogP contribution is 2.38. The lowest BCUT2D eigenvalue weighted by Gasteiger charge is -2.26. The van der Waals surface area contributed by atoms with Crippen LogP contribution in [0.1, 0.15) is 16.9 Å². The molecule has 7 nitrogen and oxygen atoms in total. The monoisotopic (exact) mass is 456 g/mol. The lowest BCUT2D eigenvalue weighted by molar-refractivity contribution is 0.321. The summed E-state index contributed by atoms with van der Waals surface area (Å²) in [7, 11) is 6.41. The second-order valence-corrected chi connectivity index (χ2v) is 7.49. The second kappa shape index (κ2) is 10.8. The normalized spacial score (nSPS) is 10.4. The van der Waals surface area contributed by atoms with Gasteiger partial charge in [-0.05, 0) is 66.7 Å². The molecule has 0 unspecified atom stereocenters. The van der Waals surface area contributed by atoms with Crippen molar-refractivity contribution in [2.45, 2.75) is 20.0 Å². The number of furan rings is 1. The molecule has 3 rings (SSSR count). The number of aryl methyl sites for hydroxylation is 1. The fraction of sp³-hybridized carbons (Fsp3) is 0.292. The van der Waals surface area contributed by atoms with Crippen LogP contribution >= 0.6 is 12.2 Å². The van der Waals surface area contributed by atoms with E-state index in [1.165, 1.54) is 0 Å². The molecule has 0 radical (unpaired) electrons. The fourth-order valence-corrected chi connectivity index (χ4v) is 3.59. The Morgan fingerprint density at radius 2 is 1.59 bits per heavy atom. The van der Waals surface area contributed by atoms with Gasteiger partial charge < -0.3 is 33.6 Å². The van der Waals surface area contributed by atoms with Gasteiger partial charge in [0.2, 0.25) is 5.75 Å². The van der Waals surface area contributed by atoms with Gasteiger partial charge in [-0.2, -0.15) is 0 Å². The smallest absolute Gasteiger partial charge is 0.203 e. The highest BCUT2D eigenvalue weighted by atomic mass is 32.1. The second-order valence-electron chi connectivity index (χ2n) is 7.10. The van der Waals surface area contributed by atoms with Gasteiger partial charge in [-0.3, -0.25) is 0 Å². The third kappa shape index (κ3) is 5.45. The van der Waals surface area contributed by atoms with E-state index in [9.17, 15) is 0 Å². The Kier molecular flexibility index (Phi) is 7.83. The molecule has 8 heteroatoms. The highest BCUT2D eigenvalue weighted by Gasteiger charge is 2.18. The number of anilines is 1. The third-order valence-corrected chi connectivity index (χ3v) is 5.27. The topological polar surface area (TPSA) is 65.3 Å². The van der Waals surface area contributed by atoms with Crippen LogP contribution in [0.4, 0.5) is 5.69 Å². The maximum absolute atomic E-state index is 5.78. The van der Waals surface area contributed by atoms with Crippen molar-refractivity contribution in [2.75, 3.05) is 33.8 Å². The maximum atomic E-state index is 5.78. The van der Waals surface area contributed by atoms with E-state index in [2.05, 4.69) is 5.32 Å². The summed E-state index contributed by atoms with van der Waals surface area (Å²) in [6.07, 6.45) is 1.65. The number of nitrogens with one attached hydrogen (secondary N) is 1. The van der Waals surface area contributed by atoms with Crippen molar-refractivity contribution < 1.29 is 23.4 Å². The van der Waals surface area contributed by atoms with E-state index in [4.69, 9.17) is 35.6 Å². The maximum Gasteiger partial charge on any atom is 0.203 e. The molecule has 0 fully saturated rings. The van der Waals surface area contributed by atoms with Gasteiger partial charge in [0.1, 0.15) is 11.5 Å². The van der Waals surface area contributed by atoms with Crippen molar-refractivity contribution in [1.29, 1.82) is 0 Å². The van der Waals surface area contributed by atoms with Gasteiger partial charge in [-0.25, -0.2) is 0 Å². The number of hydrogen-bond acceptors (Lipinski definition) is 6. The van der Waals surface area contributed by atoms with E-state index in [0.717, 1.165) is 22.6 Å². The molecule has 1 aromatic heterocycles. The van der Waals surface area contributed by atoms with E-state index < -0.39 is 0 Å². The molecule has 0 aliphatic carbocycles. The van der Waals surface area contributed by atoms with E-state index in [1.807, 2.05) is 54.3 Å². The SMILES string of the molecule is COc1ccc(C)cc1NC(=S)N(Cc1cc(OC)c(OC)c(OC)c1)Cc1ccco1. The van der Waals surface area contributed by atoms with E-state index in [0.29, 0.717) is 41.2 Å². The predicted octanol–water partition coefficient (Wildman–Crippen LogP) is 5.02. The summed E-state index contributed by atoms with van der Waals surface area (Å²) in [4.78, 5) is 2.00. The molecular formula is C24H28N2O5S. The number of hydrogen-bond donors (Lipinski definition) is 1. The summed E-state index contributed by atoms with van der Waals surface area (Å²) in [5.41, 5.74) is 2.83. The number of methoxy groups -OCH3 is 4. The number of rotatable bonds is 9. The summed E-state index contributed by atoms with van der Waals surface area (Å²) in [5, 5.41) is 3.85. The van der Waals surface area contributed by atoms with Gasteiger partial charge in [-0.15, -0.1) is 0 Å². The Hall–Kier alpha value is -3.39. The average molecular weight is 457 g/mol. The summed E-state index contributed by atoms with van der Waals surface area (Å²) in [6, 6.07) is 13.5. The molecule has 0 aliphatic rings. The van der Waals surface area contributed by atoms with Crippen molar-refractivity contribution >= 4 is 23.0 Å². The van der Waals surface area contributed by atoms with Crippen LogP contribution in [0.25, 0.3) is 0 Å². The summed E-state index contributed by atoms with van der Waals surface area (Å²) in [5.74, 6) is 3.21. The third-order valence-electron chi connectivity index (χ3n) is 4.91. The first-order valence-electron chi connectivity index (χ1n) is 10.0. The summed E-state index contributed by atoms with van der Waals surface area (Å²) >= 11 is 5.78. The molecule has 32 heavy (non-hydrogen) atoms. The minimum atomic E-state index is 0.476. The Morgan fingerprint density at radius 1 is 0.906 bits per heavy atom. The molecule has 0 spiro atoms. The first-order valence-corrected chi connectivity index (χ1v) is 10.4. The van der Waals surface area contributed by atoms with Crippen LogP contribution in [0.15, 0.2) is 53.1 Å². The highest BCUT2D eigenvalue weighted by molar-refractivity contribution is 7.80. The van der Waals surface area contributed by atoms with E-state index >= 15 is 0 Å². The molecule has 0 bridgehead atoms. The number of thiocarbonyl (C=S) groups is 1. The van der Waals surface area contributed by atoms with Crippen molar-refractivity contribution in [3.63, 3.8) is 0 Å². The molecule has 0 aliphatic heterocycles. The first kappa shape index (κ1) is 23.3. The molecule has 170 valence electrons. The Morgan fingerprint density at radius 3 is 2.16 bits per heavy atom. The van der Waals surface area contributed by atoms with Crippen LogP contribution in [0.2, 0.25) is 0 Å². The fourth-order valence-electron chi connectivity index (χ4n) is 3.35. The van der Waals surface area contributed by atoms with E-state index in [-0.39, 0.29) is 0 Å². The Balaban J connectivity index is 1.91. The van der Waals surface area contributed by atoms with Gasteiger partial charge in [-0.1, -0.05) is 6.07 Å². The number of ether oxygens (including phenoxy) is 4. The van der Waals surface area contributed by atoms with Crippen LogP contribution in [0.3, 0.4) is 0 Å². The van der Waals surface area contributed by atoms with Crippen molar-refractivity contribution in [1.82, 2.24) is 4.90 Å². The van der Waals surface area contributed by atoms with Crippen LogP contribution < -0.4 is 24.3 Å². The van der Waals surface area contributed by atoms with Gasteiger partial charge >= 0.3 is 0 Å². The summed E-state index contributed by atoms with van der Waals surface area (Å²) < 4.78 is 27.5. The molecule has 0 saturated heterocycles. The van der Waals surface area contributed by atoms with Crippen molar-refractivity contribution in [2.24, 2.45) is 0 Å². The molecular weight excluding hydrogens is 428 g/mol. The Labute approximate surface area is 193 Å². The first-order chi connectivity index (χ1) is 15.5. The minimum Gasteiger partial charge on any atom is -0.495 e. The lowest BCUT2D eigenvalue weighted by Crippen LogP contribution is -2.33. The number of nitrogens with zero attached hydrogens (tertiary/aromatic N) is 1. The Bertz CT molecular complexity index is 1030. The van der Waals surface area contributed by atoms with Gasteiger partial charge in [0.25, 0.3) is 0 Å². The van der Waals surface area contributed by atoms with Crippen LogP contribution in [0, 0.1) is 6.92 Å². The van der Waals surface area contributed by atoms with Crippen LogP contribution in [-0.4, -0.2) is 38.5 Å². The van der Waals surface area contributed by atoms with Crippen molar-refractivity contribution in [3.8, 4) is 23.0 Å². The molecule has 0 amide bonds. The molecule has 1 heterocycles. The quantitative estimate of drug-likeness (QED) is 0.450. The number of benzene rings is 2. The molecule has 0 saturated carbocycles. The molecule has 1 N–H and O–H groups in total. The average Bonchev–Trinajstić information content (AvgIpc) is 3.31. The van der Waals surface area contributed by atoms with Gasteiger partial charge in [0.05, 0.1) is 46.9 Å². The molecule has 3 aromatic rings. The predicted molar refractivity (Wildman–Crippen MR) is 128 cm³/mol. The van der Waals surface area contributed by atoms with Crippen LogP contribution in [0.5, 0.6) is 23.0 Å². The van der Waals surface area contributed by atoms with Gasteiger partial charge in [0.15, 0.2) is 16.6 Å². The van der Waals surface area contributed by atoms with E-state index in [1.54, 1.807) is 34.7 Å². The standard InChI is InChI=1S/C24H28N2O5S/c1-16-8-9-20(27-2)19(11-16)25-24(32)26(15-18-7-6-10-31-18)14-17-12-21(28-3)23(30-5)22(13-17)29-4/h6-13H,14-15H2,1-5H3,(H,25,32).